The Labute approximate surface area is 677 Å². The molecule has 115 heavy (non-hydrogen) atoms. The molecule has 2 aromatic heterocycles. The van der Waals surface area contributed by atoms with Gasteiger partial charge in [-0.3, -0.25) is 43.0 Å². The maximum Gasteiger partial charge on any atom is 0.326 e. The fourth-order valence-corrected chi connectivity index (χ4v) is 19.2. The standard InChI is InChI=1S/C41H43N5O8S2.C32H31N3O6S.C9H14N2O3S.2CH4/c1-5-24-21-41(24,39(50)45-56(51,52)27-13-14-27)43-36(47)32-20-26-22-46(32)38(49)35(40(2,3)4)42-37(48)34-23(16-18-55-34)9-8-17-53-25-12-15-29-28-10-6-7-11-30(28)33(44-54-26)31(29)19-25;1-32(2,3)28-30(37)35-17-20(16-25(35)31(38)39)41-34-26-23-9-5-4-8-21(23)22-11-10-19(15-24(22)26)40-13-6-7-18-12-14-42-27(18)29(36)33-28;1-2-6-5-9(6,10)8(12)11-15(13,14)7-3-4-7;;/h5-12,15-16,18-19,24,26-27,32,35H,1,13-14,17,20-22H2,2-4H3,(H,42,48)(H,43,47)(H,45,50);4-12,14-15,20,25,28H,13,16-17H2,1-3H3,(H,33,36)(H,38,39);2,6-7H,1,3-5,10H2,(H,11,12);2*1H4/b9-8+,44-33+;7-6+,34-26?;;;/t24-,26-,32+,35-,41-;20-,25+,28-;6-,9-;;/m111../s1. The molecule has 6 aromatic rings. The average Bonchev–Trinajstić information content (AvgIpc) is 1.58. The molecule has 8 N–H and O–H groups in total. The van der Waals surface area contributed by atoms with Gasteiger partial charge in [-0.2, -0.15) is 0 Å². The van der Waals surface area contributed by atoms with E-state index in [1.807, 2.05) is 167 Å². The van der Waals surface area contributed by atoms with Crippen LogP contribution in [0.2, 0.25) is 0 Å². The van der Waals surface area contributed by atoms with Crippen LogP contribution in [0.15, 0.2) is 156 Å². The Hall–Kier alpha value is -10.6. The maximum atomic E-state index is 14.8. The summed E-state index contributed by atoms with van der Waals surface area (Å²) in [5.74, 6) is -4.43. The summed E-state index contributed by atoms with van der Waals surface area (Å²) >= 11 is 2.51. The first kappa shape index (κ1) is 83.8. The number of sulfonamides is 2. The summed E-state index contributed by atoms with van der Waals surface area (Å²) in [6, 6.07) is 26.6. The van der Waals surface area contributed by atoms with E-state index in [4.69, 9.17) is 24.9 Å². The first-order valence-electron chi connectivity index (χ1n) is 37.3. The van der Waals surface area contributed by atoms with E-state index < -0.39 is 142 Å². The quantitative estimate of drug-likeness (QED) is 0.0592. The Morgan fingerprint density at radius 3 is 1.41 bits per heavy atom. The van der Waals surface area contributed by atoms with Gasteiger partial charge in [0, 0.05) is 46.9 Å². The summed E-state index contributed by atoms with van der Waals surface area (Å²) in [7, 11) is -7.38. The number of carboxylic acids is 1. The van der Waals surface area contributed by atoms with Crippen LogP contribution in [0.4, 0.5) is 0 Å². The SMILES string of the molecule is C.C.C=C[C@@H]1C[C@]1(N)C(=O)NS(=O)(=O)C1CC1.C=C[C@@H]1C[C@]1(NC(=O)[C@@H]1C[C@@H]2CN1C(=O)[C@H](C(C)(C)C)NC(=O)c1sccc1/C=C/COc1ccc3c(c1)/C(=N/O2)c1ccccc1-3)C(=O)NS(=O)(=O)C1CC1.CC(C)(C)[C@@H]1NC(=O)c2sccc2/C=C/COc2ccc3c(c2)C(=NO[C@@H]2C[C@@H](C(=O)O)N(C2)C1=O)c1ccccc1-3. The Bertz CT molecular complexity index is 5280. The van der Waals surface area contributed by atoms with E-state index >= 15 is 0 Å². The van der Waals surface area contributed by atoms with Crippen molar-refractivity contribution in [3.63, 3.8) is 0 Å². The molecule has 31 heteroatoms. The molecule has 16 rings (SSSR count). The van der Waals surface area contributed by atoms with E-state index in [0.717, 1.165) is 44.5 Å². The molecule has 6 heterocycles. The summed E-state index contributed by atoms with van der Waals surface area (Å²) in [5, 5.41) is 30.5. The summed E-state index contributed by atoms with van der Waals surface area (Å²) in [6.07, 6.45) is 11.8. The maximum absolute atomic E-state index is 14.8. The molecule has 8 bridgehead atoms. The fourth-order valence-electron chi connectivity index (χ4n) is 14.9. The number of carboxylic acid groups (broad SMARTS) is 1. The van der Waals surface area contributed by atoms with Gasteiger partial charge in [0.1, 0.15) is 83.6 Å². The van der Waals surface area contributed by atoms with Gasteiger partial charge in [-0.25, -0.2) is 21.6 Å². The van der Waals surface area contributed by atoms with Gasteiger partial charge < -0.3 is 55.7 Å². The van der Waals surface area contributed by atoms with Crippen molar-refractivity contribution < 1.29 is 79.4 Å². The van der Waals surface area contributed by atoms with Crippen molar-refractivity contribution in [2.75, 3.05) is 26.3 Å². The van der Waals surface area contributed by atoms with Crippen molar-refractivity contribution in [3.8, 4) is 33.8 Å². The zero-order valence-corrected chi connectivity index (χ0v) is 66.3. The third kappa shape index (κ3) is 17.2. The van der Waals surface area contributed by atoms with Crippen molar-refractivity contribution in [2.45, 2.75) is 166 Å². The van der Waals surface area contributed by atoms with Crippen molar-refractivity contribution in [1.82, 2.24) is 35.2 Å². The molecule has 7 amide bonds. The van der Waals surface area contributed by atoms with Crippen LogP contribution in [-0.4, -0.2) is 175 Å². The molecular formula is C84H96N10O17S4. The van der Waals surface area contributed by atoms with Crippen LogP contribution >= 0.6 is 22.7 Å². The summed E-state index contributed by atoms with van der Waals surface area (Å²) in [4.78, 5) is 124. The molecular weight excluding hydrogens is 1550 g/mol. The monoisotopic (exact) mass is 1640 g/mol. The lowest BCUT2D eigenvalue weighted by Gasteiger charge is -2.35. The number of nitrogens with two attached hydrogens (primary N) is 1. The Balaban J connectivity index is 0.000000181. The number of thiophene rings is 2. The molecule has 608 valence electrons. The van der Waals surface area contributed by atoms with Gasteiger partial charge in [-0.05, 0) is 154 Å². The predicted molar refractivity (Wildman–Crippen MR) is 440 cm³/mol. The lowest BCUT2D eigenvalue weighted by molar-refractivity contribution is -0.150. The van der Waals surface area contributed by atoms with Gasteiger partial charge >= 0.3 is 5.97 Å². The predicted octanol–water partition coefficient (Wildman–Crippen LogP) is 9.96. The number of ether oxygens (including phenoxy) is 2. The molecule has 0 spiro atoms. The van der Waals surface area contributed by atoms with Gasteiger partial charge in [0.25, 0.3) is 23.6 Å². The van der Waals surface area contributed by atoms with Gasteiger partial charge in [-0.1, -0.05) is 140 Å². The number of carbonyl (C=O) groups excluding carboxylic acids is 7. The minimum absolute atomic E-state index is 0. The lowest BCUT2D eigenvalue weighted by atomic mass is 9.85. The zero-order valence-electron chi connectivity index (χ0n) is 63.0. The first-order valence-corrected chi connectivity index (χ1v) is 42.2. The molecule has 0 radical (unpaired) electrons. The van der Waals surface area contributed by atoms with Crippen LogP contribution in [0.25, 0.3) is 34.4 Å². The van der Waals surface area contributed by atoms with Crippen molar-refractivity contribution >= 4 is 114 Å². The largest absolute Gasteiger partial charge is 0.490 e. The van der Waals surface area contributed by atoms with E-state index in [2.05, 4.69) is 44.1 Å². The third-order valence-electron chi connectivity index (χ3n) is 21.8. The number of benzene rings is 4. The van der Waals surface area contributed by atoms with Gasteiger partial charge in [0.05, 0.1) is 33.3 Å². The number of aliphatic carboxylic acids is 1. The fraction of sp³-hybridized carbons (Fsp3) is 0.405. The average molecular weight is 1650 g/mol. The lowest BCUT2D eigenvalue weighted by Crippen LogP contribution is -2.60. The van der Waals surface area contributed by atoms with E-state index in [-0.39, 0.29) is 66.3 Å². The molecule has 6 fully saturated rings. The normalized spacial score (nSPS) is 26.1. The van der Waals surface area contributed by atoms with Crippen LogP contribution < -0.4 is 40.6 Å². The number of fused-ring (bicyclic) bond motifs is 14. The minimum atomic E-state index is -3.91. The van der Waals surface area contributed by atoms with Gasteiger partial charge in [0.15, 0.2) is 0 Å². The van der Waals surface area contributed by atoms with Crippen molar-refractivity contribution in [1.29, 1.82) is 0 Å². The minimum Gasteiger partial charge on any atom is -0.490 e. The molecule has 10 aliphatic rings. The zero-order chi connectivity index (χ0) is 80.4. The summed E-state index contributed by atoms with van der Waals surface area (Å²) < 4.78 is 64.8. The number of carbonyl (C=O) groups is 8. The number of hydrogen-bond acceptors (Lipinski definition) is 21. The molecule has 4 aromatic carbocycles. The number of nitrogens with zero attached hydrogens (tertiary/aromatic N) is 4. The Morgan fingerprint density at radius 1 is 0.583 bits per heavy atom. The molecule has 27 nitrogen and oxygen atoms in total. The molecule has 6 aliphatic carbocycles. The van der Waals surface area contributed by atoms with Crippen LogP contribution in [0, 0.1) is 22.7 Å². The van der Waals surface area contributed by atoms with E-state index in [1.165, 1.54) is 38.5 Å². The number of nitrogens with one attached hydrogen (secondary N) is 5. The first-order chi connectivity index (χ1) is 53.7. The van der Waals surface area contributed by atoms with E-state index in [1.54, 1.807) is 17.5 Å². The highest BCUT2D eigenvalue weighted by atomic mass is 32.2. The molecule has 4 saturated carbocycles. The molecule has 2 saturated heterocycles. The summed E-state index contributed by atoms with van der Waals surface area (Å²) in [5.41, 5.74) is 11.5. The van der Waals surface area contributed by atoms with Crippen molar-refractivity contribution in [3.05, 3.63) is 188 Å². The van der Waals surface area contributed by atoms with Crippen LogP contribution in [-0.2, 0) is 58.5 Å². The van der Waals surface area contributed by atoms with Gasteiger partial charge in [0.2, 0.25) is 37.8 Å². The topological polar surface area (TPSA) is 379 Å². The third-order valence-corrected chi connectivity index (χ3v) is 27.3. The van der Waals surface area contributed by atoms with Crippen molar-refractivity contribution in [2.24, 2.45) is 38.7 Å². The summed E-state index contributed by atoms with van der Waals surface area (Å²) in [6.45, 7) is 18.8. The smallest absolute Gasteiger partial charge is 0.326 e. The van der Waals surface area contributed by atoms with Crippen LogP contribution in [0.1, 0.15) is 160 Å². The highest BCUT2D eigenvalue weighted by molar-refractivity contribution is 7.91. The second-order valence-electron chi connectivity index (χ2n) is 32.0. The number of hydrogen-bond donors (Lipinski definition) is 7. The Kier molecular flexibility index (Phi) is 23.8. The highest BCUT2D eigenvalue weighted by Crippen LogP contribution is 2.47. The second-order valence-corrected chi connectivity index (χ2v) is 37.7. The van der Waals surface area contributed by atoms with E-state index in [9.17, 15) is 60.3 Å². The number of oxime groups is 2. The van der Waals surface area contributed by atoms with Crippen LogP contribution in [0.3, 0.4) is 0 Å². The Morgan fingerprint density at radius 2 is 1.00 bits per heavy atom. The van der Waals surface area contributed by atoms with E-state index in [0.29, 0.717) is 75.9 Å². The number of amides is 7. The molecule has 10 atom stereocenters. The molecule has 0 unspecified atom stereocenters. The highest BCUT2D eigenvalue weighted by Gasteiger charge is 2.63. The molecule has 4 aliphatic heterocycles. The number of rotatable bonds is 11. The second kappa shape index (κ2) is 32.6. The van der Waals surface area contributed by atoms with Crippen LogP contribution in [0.5, 0.6) is 11.5 Å². The van der Waals surface area contributed by atoms with Gasteiger partial charge in [-0.15, -0.1) is 35.8 Å².